The fourth-order valence-corrected chi connectivity index (χ4v) is 3.74. The fourth-order valence-electron chi connectivity index (χ4n) is 2.29. The third-order valence-electron chi connectivity index (χ3n) is 3.47. The first kappa shape index (κ1) is 18.4. The molecule has 23 heavy (non-hydrogen) atoms. The molecule has 0 spiro atoms. The van der Waals surface area contributed by atoms with Gasteiger partial charge in [-0.2, -0.15) is 0 Å². The van der Waals surface area contributed by atoms with Crippen LogP contribution in [-0.4, -0.2) is 54.6 Å². The molecule has 2 heterocycles. The molecule has 0 N–H and O–H groups in total. The summed E-state index contributed by atoms with van der Waals surface area (Å²) in [5.41, 5.74) is 0.428. The Morgan fingerprint density at radius 1 is 1.22 bits per heavy atom. The van der Waals surface area contributed by atoms with Gasteiger partial charge in [-0.1, -0.05) is 37.0 Å². The van der Waals surface area contributed by atoms with Crippen molar-refractivity contribution in [3.05, 3.63) is 20.3 Å². The van der Waals surface area contributed by atoms with Crippen LogP contribution in [0.3, 0.4) is 0 Å². The SMILES string of the molecule is CC(C)COC(=O)N1CCCN(C(=O)c2cc(Cl)sc2Cl)CC1. The number of thiophene rings is 1. The van der Waals surface area contributed by atoms with Gasteiger partial charge in [-0.05, 0) is 18.4 Å². The zero-order chi connectivity index (χ0) is 17.0. The van der Waals surface area contributed by atoms with Crippen LogP contribution < -0.4 is 0 Å². The van der Waals surface area contributed by atoms with Gasteiger partial charge in [0.1, 0.15) is 4.34 Å². The lowest BCUT2D eigenvalue weighted by molar-refractivity contribution is 0.0747. The average Bonchev–Trinajstić information content (AvgIpc) is 2.71. The molecule has 2 amide bonds. The number of halogens is 2. The number of hydrogen-bond donors (Lipinski definition) is 0. The van der Waals surface area contributed by atoms with Crippen molar-refractivity contribution in [3.8, 4) is 0 Å². The Balaban J connectivity index is 1.94. The van der Waals surface area contributed by atoms with Gasteiger partial charge in [0.25, 0.3) is 5.91 Å². The summed E-state index contributed by atoms with van der Waals surface area (Å²) in [5, 5.41) is 0. The van der Waals surface area contributed by atoms with Gasteiger partial charge in [0.15, 0.2) is 0 Å². The highest BCUT2D eigenvalue weighted by molar-refractivity contribution is 7.20. The zero-order valence-corrected chi connectivity index (χ0v) is 15.5. The molecule has 8 heteroatoms. The summed E-state index contributed by atoms with van der Waals surface area (Å²) < 4.78 is 6.14. The highest BCUT2D eigenvalue weighted by atomic mass is 35.5. The Morgan fingerprint density at radius 2 is 1.87 bits per heavy atom. The number of amides is 2. The van der Waals surface area contributed by atoms with Crippen LogP contribution in [0, 0.1) is 5.92 Å². The van der Waals surface area contributed by atoms with Crippen molar-refractivity contribution < 1.29 is 14.3 Å². The van der Waals surface area contributed by atoms with Crippen LogP contribution in [0.1, 0.15) is 30.6 Å². The van der Waals surface area contributed by atoms with Crippen molar-refractivity contribution in [2.24, 2.45) is 5.92 Å². The molecule has 1 aromatic rings. The fraction of sp³-hybridized carbons (Fsp3) is 0.600. The first-order valence-corrected chi connectivity index (χ1v) is 9.11. The molecule has 1 aromatic heterocycles. The zero-order valence-electron chi connectivity index (χ0n) is 13.2. The summed E-state index contributed by atoms with van der Waals surface area (Å²) in [6.45, 7) is 6.46. The molecule has 0 radical (unpaired) electrons. The first-order chi connectivity index (χ1) is 10.9. The molecule has 0 aromatic carbocycles. The van der Waals surface area contributed by atoms with Crippen molar-refractivity contribution in [1.29, 1.82) is 0 Å². The van der Waals surface area contributed by atoms with Gasteiger partial charge in [-0.15, -0.1) is 11.3 Å². The van der Waals surface area contributed by atoms with Crippen molar-refractivity contribution in [3.63, 3.8) is 0 Å². The van der Waals surface area contributed by atoms with Gasteiger partial charge in [-0.3, -0.25) is 4.79 Å². The standard InChI is InChI=1S/C15H20Cl2N2O3S/c1-10(2)9-22-15(21)19-5-3-4-18(6-7-19)14(20)11-8-12(16)23-13(11)17/h8,10H,3-7,9H2,1-2H3. The minimum atomic E-state index is -0.315. The monoisotopic (exact) mass is 378 g/mol. The molecule has 1 fully saturated rings. The maximum atomic E-state index is 12.5. The number of hydrogen-bond acceptors (Lipinski definition) is 4. The molecule has 2 rings (SSSR count). The van der Waals surface area contributed by atoms with E-state index in [4.69, 9.17) is 27.9 Å². The molecular weight excluding hydrogens is 359 g/mol. The Bertz CT molecular complexity index is 577. The summed E-state index contributed by atoms with van der Waals surface area (Å²) in [6.07, 6.45) is 0.391. The molecule has 1 aliphatic heterocycles. The molecule has 5 nitrogen and oxygen atoms in total. The van der Waals surface area contributed by atoms with Crippen LogP contribution in [0.25, 0.3) is 0 Å². The minimum Gasteiger partial charge on any atom is -0.449 e. The maximum Gasteiger partial charge on any atom is 0.409 e. The number of ether oxygens (including phenoxy) is 1. The molecule has 0 bridgehead atoms. The second kappa shape index (κ2) is 8.22. The highest BCUT2D eigenvalue weighted by Crippen LogP contribution is 2.32. The normalized spacial score (nSPS) is 15.7. The molecule has 0 saturated carbocycles. The van der Waals surface area contributed by atoms with Gasteiger partial charge in [0.05, 0.1) is 16.5 Å². The van der Waals surface area contributed by atoms with E-state index in [9.17, 15) is 9.59 Å². The number of nitrogens with zero attached hydrogens (tertiary/aromatic N) is 2. The van der Waals surface area contributed by atoms with Crippen molar-refractivity contribution >= 4 is 46.5 Å². The second-order valence-electron chi connectivity index (χ2n) is 5.84. The molecule has 1 aliphatic rings. The molecular formula is C15H20Cl2N2O3S. The minimum absolute atomic E-state index is 0.143. The average molecular weight is 379 g/mol. The van der Waals surface area contributed by atoms with E-state index in [0.717, 1.165) is 0 Å². The van der Waals surface area contributed by atoms with Crippen LogP contribution in [-0.2, 0) is 4.74 Å². The molecule has 0 aliphatic carbocycles. The van der Waals surface area contributed by atoms with Gasteiger partial charge in [0.2, 0.25) is 0 Å². The smallest absolute Gasteiger partial charge is 0.409 e. The van der Waals surface area contributed by atoms with Crippen LogP contribution in [0.2, 0.25) is 8.67 Å². The van der Waals surface area contributed by atoms with E-state index in [1.165, 1.54) is 11.3 Å². The van der Waals surface area contributed by atoms with Gasteiger partial charge in [-0.25, -0.2) is 4.79 Å². The van der Waals surface area contributed by atoms with E-state index in [0.29, 0.717) is 59.4 Å². The Hall–Kier alpha value is -0.980. The lowest BCUT2D eigenvalue weighted by Gasteiger charge is -2.22. The Morgan fingerprint density at radius 3 is 2.48 bits per heavy atom. The summed E-state index contributed by atoms with van der Waals surface area (Å²) in [4.78, 5) is 27.9. The lowest BCUT2D eigenvalue weighted by atomic mass is 10.2. The van der Waals surface area contributed by atoms with Crippen molar-refractivity contribution in [2.75, 3.05) is 32.8 Å². The van der Waals surface area contributed by atoms with Crippen LogP contribution in [0.15, 0.2) is 6.07 Å². The van der Waals surface area contributed by atoms with E-state index in [2.05, 4.69) is 0 Å². The first-order valence-electron chi connectivity index (χ1n) is 7.54. The Labute approximate surface area is 150 Å². The van der Waals surface area contributed by atoms with E-state index >= 15 is 0 Å². The number of carbonyl (C=O) groups excluding carboxylic acids is 2. The van der Waals surface area contributed by atoms with Gasteiger partial charge in [0, 0.05) is 26.2 Å². The molecule has 128 valence electrons. The lowest BCUT2D eigenvalue weighted by Crippen LogP contribution is -2.37. The highest BCUT2D eigenvalue weighted by Gasteiger charge is 2.25. The summed E-state index contributed by atoms with van der Waals surface area (Å²) in [5.74, 6) is 0.157. The van der Waals surface area contributed by atoms with E-state index in [1.54, 1.807) is 15.9 Å². The third kappa shape index (κ3) is 4.99. The number of carbonyl (C=O) groups is 2. The second-order valence-corrected chi connectivity index (χ2v) is 8.13. The predicted molar refractivity (Wildman–Crippen MR) is 92.6 cm³/mol. The summed E-state index contributed by atoms with van der Waals surface area (Å²) in [7, 11) is 0. The predicted octanol–water partition coefficient (Wildman–Crippen LogP) is 4.00. The van der Waals surface area contributed by atoms with Gasteiger partial charge >= 0.3 is 6.09 Å². The van der Waals surface area contributed by atoms with Crippen molar-refractivity contribution in [2.45, 2.75) is 20.3 Å². The molecule has 0 atom stereocenters. The third-order valence-corrected chi connectivity index (χ3v) is 4.96. The van der Waals surface area contributed by atoms with E-state index < -0.39 is 0 Å². The largest absolute Gasteiger partial charge is 0.449 e. The summed E-state index contributed by atoms with van der Waals surface area (Å²) in [6, 6.07) is 1.59. The quantitative estimate of drug-likeness (QED) is 0.798. The Kier molecular flexibility index (Phi) is 6.56. The van der Waals surface area contributed by atoms with E-state index in [1.807, 2.05) is 13.8 Å². The van der Waals surface area contributed by atoms with E-state index in [-0.39, 0.29) is 12.0 Å². The topological polar surface area (TPSA) is 49.9 Å². The van der Waals surface area contributed by atoms with Crippen LogP contribution in [0.5, 0.6) is 0 Å². The summed E-state index contributed by atoms with van der Waals surface area (Å²) >= 11 is 13.1. The molecule has 0 unspecified atom stereocenters. The number of rotatable bonds is 3. The van der Waals surface area contributed by atoms with Crippen LogP contribution >= 0.6 is 34.5 Å². The van der Waals surface area contributed by atoms with Crippen molar-refractivity contribution in [1.82, 2.24) is 9.80 Å². The van der Waals surface area contributed by atoms with Crippen LogP contribution in [0.4, 0.5) is 4.79 Å². The molecule has 1 saturated heterocycles. The maximum absolute atomic E-state index is 12.5. The van der Waals surface area contributed by atoms with Gasteiger partial charge < -0.3 is 14.5 Å².